The third-order valence-electron chi connectivity index (χ3n) is 4.75. The zero-order valence-corrected chi connectivity index (χ0v) is 14.6. The molecule has 1 fully saturated rings. The summed E-state index contributed by atoms with van der Waals surface area (Å²) >= 11 is 0. The van der Waals surface area contributed by atoms with Gasteiger partial charge in [0.2, 0.25) is 0 Å². The van der Waals surface area contributed by atoms with Crippen molar-refractivity contribution in [2.45, 2.75) is 77.7 Å². The molecule has 0 bridgehead atoms. The molecule has 0 amide bonds. The summed E-state index contributed by atoms with van der Waals surface area (Å²) in [5.74, 6) is 0.442. The van der Waals surface area contributed by atoms with Crippen molar-refractivity contribution in [1.29, 1.82) is 0 Å². The zero-order valence-electron chi connectivity index (χ0n) is 14.6. The SMILES string of the molecule is CCCCC1CCC(OOC(=O)c2ccc(CCC)cc2)CC1. The van der Waals surface area contributed by atoms with Crippen LogP contribution in [-0.4, -0.2) is 12.1 Å². The fraction of sp³-hybridized carbons (Fsp3) is 0.650. The number of rotatable bonds is 8. The maximum Gasteiger partial charge on any atom is 0.373 e. The molecule has 0 aromatic heterocycles. The molecular formula is C20H30O3. The van der Waals surface area contributed by atoms with Gasteiger partial charge in [-0.05, 0) is 55.7 Å². The van der Waals surface area contributed by atoms with Crippen molar-refractivity contribution < 1.29 is 14.6 Å². The molecule has 23 heavy (non-hydrogen) atoms. The van der Waals surface area contributed by atoms with Gasteiger partial charge < -0.3 is 0 Å². The predicted molar refractivity (Wildman–Crippen MR) is 92.2 cm³/mol. The molecule has 2 rings (SSSR count). The number of unbranched alkanes of at least 4 members (excludes halogenated alkanes) is 1. The lowest BCUT2D eigenvalue weighted by molar-refractivity contribution is -0.280. The Kier molecular flexibility index (Phi) is 7.60. The lowest BCUT2D eigenvalue weighted by atomic mass is 9.84. The normalized spacial score (nSPS) is 21.1. The van der Waals surface area contributed by atoms with Crippen molar-refractivity contribution in [2.75, 3.05) is 0 Å². The maximum absolute atomic E-state index is 12.0. The number of hydrogen-bond donors (Lipinski definition) is 0. The van der Waals surface area contributed by atoms with Gasteiger partial charge in [0.05, 0.1) is 5.56 Å². The molecule has 0 aliphatic heterocycles. The zero-order chi connectivity index (χ0) is 16.5. The van der Waals surface area contributed by atoms with Crippen LogP contribution in [-0.2, 0) is 16.2 Å². The quantitative estimate of drug-likeness (QED) is 0.470. The molecule has 1 saturated carbocycles. The highest BCUT2D eigenvalue weighted by Crippen LogP contribution is 2.30. The van der Waals surface area contributed by atoms with E-state index >= 15 is 0 Å². The molecule has 0 N–H and O–H groups in total. The summed E-state index contributed by atoms with van der Waals surface area (Å²) in [5.41, 5.74) is 1.80. The van der Waals surface area contributed by atoms with Gasteiger partial charge in [0.15, 0.2) is 0 Å². The van der Waals surface area contributed by atoms with Crippen molar-refractivity contribution in [1.82, 2.24) is 0 Å². The van der Waals surface area contributed by atoms with E-state index in [0.717, 1.165) is 31.6 Å². The molecule has 128 valence electrons. The van der Waals surface area contributed by atoms with Gasteiger partial charge in [-0.3, -0.25) is 4.89 Å². The molecule has 3 nitrogen and oxygen atoms in total. The Morgan fingerprint density at radius 1 is 1.04 bits per heavy atom. The molecule has 1 aliphatic rings. The van der Waals surface area contributed by atoms with Crippen LogP contribution in [0.25, 0.3) is 0 Å². The van der Waals surface area contributed by atoms with Gasteiger partial charge in [-0.15, -0.1) is 0 Å². The molecule has 0 unspecified atom stereocenters. The smallest absolute Gasteiger partial charge is 0.293 e. The highest BCUT2D eigenvalue weighted by molar-refractivity contribution is 5.88. The molecule has 1 aromatic carbocycles. The van der Waals surface area contributed by atoms with Crippen molar-refractivity contribution >= 4 is 5.97 Å². The van der Waals surface area contributed by atoms with E-state index in [0.29, 0.717) is 5.56 Å². The maximum atomic E-state index is 12.0. The molecule has 1 aromatic rings. The summed E-state index contributed by atoms with van der Waals surface area (Å²) in [7, 11) is 0. The van der Waals surface area contributed by atoms with Crippen molar-refractivity contribution in [2.24, 2.45) is 5.92 Å². The van der Waals surface area contributed by atoms with E-state index in [-0.39, 0.29) is 12.1 Å². The van der Waals surface area contributed by atoms with E-state index in [1.807, 2.05) is 24.3 Å². The van der Waals surface area contributed by atoms with Crippen LogP contribution in [0.4, 0.5) is 0 Å². The summed E-state index contributed by atoms with van der Waals surface area (Å²) in [5, 5.41) is 0. The van der Waals surface area contributed by atoms with E-state index < -0.39 is 0 Å². The summed E-state index contributed by atoms with van der Waals surface area (Å²) in [6.45, 7) is 4.38. The lowest BCUT2D eigenvalue weighted by Gasteiger charge is -2.27. The second-order valence-corrected chi connectivity index (χ2v) is 6.70. The van der Waals surface area contributed by atoms with Crippen LogP contribution in [0.2, 0.25) is 0 Å². The average Bonchev–Trinajstić information content (AvgIpc) is 2.59. The molecule has 3 heteroatoms. The number of carbonyl (C=O) groups excluding carboxylic acids is 1. The first-order valence-electron chi connectivity index (χ1n) is 9.19. The molecule has 0 saturated heterocycles. The standard InChI is InChI=1S/C20H30O3/c1-3-5-7-17-10-14-19(15-11-17)22-23-20(21)18-12-8-16(6-4-2)9-13-18/h8-9,12-13,17,19H,3-7,10-11,14-15H2,1-2H3. The minimum absolute atomic E-state index is 0.0659. The third kappa shape index (κ3) is 5.98. The second kappa shape index (κ2) is 9.71. The van der Waals surface area contributed by atoms with Crippen LogP contribution in [0, 0.1) is 5.92 Å². The predicted octanol–water partition coefficient (Wildman–Crippen LogP) is 5.48. The molecule has 0 atom stereocenters. The van der Waals surface area contributed by atoms with Crippen LogP contribution in [0.15, 0.2) is 24.3 Å². The van der Waals surface area contributed by atoms with Gasteiger partial charge in [-0.25, -0.2) is 4.79 Å². The van der Waals surface area contributed by atoms with Gasteiger partial charge in [0.1, 0.15) is 6.10 Å². The molecule has 0 radical (unpaired) electrons. The number of aryl methyl sites for hydroxylation is 1. The van der Waals surface area contributed by atoms with E-state index in [9.17, 15) is 4.79 Å². The van der Waals surface area contributed by atoms with Gasteiger partial charge in [0.25, 0.3) is 0 Å². The second-order valence-electron chi connectivity index (χ2n) is 6.70. The summed E-state index contributed by atoms with van der Waals surface area (Å²) in [6.07, 6.45) is 10.5. The Morgan fingerprint density at radius 3 is 2.35 bits per heavy atom. The lowest BCUT2D eigenvalue weighted by Crippen LogP contribution is -2.23. The van der Waals surface area contributed by atoms with Crippen molar-refractivity contribution in [3.05, 3.63) is 35.4 Å². The fourth-order valence-corrected chi connectivity index (χ4v) is 3.27. The van der Waals surface area contributed by atoms with Crippen molar-refractivity contribution in [3.8, 4) is 0 Å². The van der Waals surface area contributed by atoms with Crippen LogP contribution < -0.4 is 0 Å². The summed E-state index contributed by atoms with van der Waals surface area (Å²) in [4.78, 5) is 22.4. The van der Waals surface area contributed by atoms with E-state index in [4.69, 9.17) is 9.78 Å². The topological polar surface area (TPSA) is 35.5 Å². The van der Waals surface area contributed by atoms with Gasteiger partial charge in [-0.1, -0.05) is 51.7 Å². The van der Waals surface area contributed by atoms with Crippen molar-refractivity contribution in [3.63, 3.8) is 0 Å². The van der Waals surface area contributed by atoms with Gasteiger partial charge in [-0.2, -0.15) is 4.89 Å². The van der Waals surface area contributed by atoms with Crippen LogP contribution in [0.3, 0.4) is 0 Å². The fourth-order valence-electron chi connectivity index (χ4n) is 3.27. The average molecular weight is 318 g/mol. The first kappa shape index (κ1) is 18.0. The van der Waals surface area contributed by atoms with Crippen LogP contribution >= 0.6 is 0 Å². The third-order valence-corrected chi connectivity index (χ3v) is 4.75. The van der Waals surface area contributed by atoms with E-state index in [1.165, 1.54) is 37.7 Å². The molecule has 0 spiro atoms. The first-order chi connectivity index (χ1) is 11.2. The minimum Gasteiger partial charge on any atom is -0.293 e. The molecular weight excluding hydrogens is 288 g/mol. The Morgan fingerprint density at radius 2 is 1.74 bits per heavy atom. The first-order valence-corrected chi connectivity index (χ1v) is 9.19. The number of hydrogen-bond acceptors (Lipinski definition) is 3. The highest BCUT2D eigenvalue weighted by atomic mass is 17.2. The van der Waals surface area contributed by atoms with Gasteiger partial charge >= 0.3 is 5.97 Å². The molecule has 1 aliphatic carbocycles. The summed E-state index contributed by atoms with van der Waals surface area (Å²) < 4.78 is 0. The Labute approximate surface area is 140 Å². The number of benzene rings is 1. The largest absolute Gasteiger partial charge is 0.373 e. The highest BCUT2D eigenvalue weighted by Gasteiger charge is 2.23. The molecule has 0 heterocycles. The van der Waals surface area contributed by atoms with Gasteiger partial charge in [0, 0.05) is 0 Å². The summed E-state index contributed by atoms with van der Waals surface area (Å²) in [6, 6.07) is 7.61. The monoisotopic (exact) mass is 318 g/mol. The van der Waals surface area contributed by atoms with E-state index in [1.54, 1.807) is 0 Å². The Bertz CT molecular complexity index is 458. The van der Waals surface area contributed by atoms with Crippen LogP contribution in [0.5, 0.6) is 0 Å². The number of carbonyl (C=O) groups is 1. The van der Waals surface area contributed by atoms with E-state index in [2.05, 4.69) is 13.8 Å². The minimum atomic E-state index is -0.388. The van der Waals surface area contributed by atoms with Crippen LogP contribution in [0.1, 0.15) is 81.1 Å². The Balaban J connectivity index is 1.70. The Hall–Kier alpha value is -1.35.